The summed E-state index contributed by atoms with van der Waals surface area (Å²) in [6, 6.07) is 13.6. The van der Waals surface area contributed by atoms with Gasteiger partial charge in [0.25, 0.3) is 5.91 Å². The number of hydrogen-bond donors (Lipinski definition) is 4. The monoisotopic (exact) mass is 391 g/mol. The van der Waals surface area contributed by atoms with Crippen LogP contribution in [0.15, 0.2) is 48.5 Å². The normalized spacial score (nSPS) is 15.9. The fourth-order valence-electron chi connectivity index (χ4n) is 3.32. The predicted octanol–water partition coefficient (Wildman–Crippen LogP) is 1.75. The fraction of sp³-hybridized carbons (Fsp3) is 0.238. The van der Waals surface area contributed by atoms with Crippen LogP contribution < -0.4 is 16.0 Å². The Morgan fingerprint density at radius 1 is 1.07 bits per heavy atom. The van der Waals surface area contributed by atoms with Crippen LogP contribution in [-0.2, 0) is 16.0 Å². The van der Waals surface area contributed by atoms with Crippen molar-refractivity contribution in [1.82, 2.24) is 20.6 Å². The number of rotatable bonds is 6. The first-order chi connectivity index (χ1) is 14.1. The minimum Gasteiger partial charge on any atom is -0.356 e. The van der Waals surface area contributed by atoms with Crippen LogP contribution in [0.2, 0.25) is 0 Å². The van der Waals surface area contributed by atoms with Crippen molar-refractivity contribution in [3.63, 3.8) is 0 Å². The summed E-state index contributed by atoms with van der Waals surface area (Å²) in [6.45, 7) is 0.457. The Morgan fingerprint density at radius 2 is 1.86 bits per heavy atom. The molecule has 1 aromatic heterocycles. The van der Waals surface area contributed by atoms with Gasteiger partial charge in [-0.3, -0.25) is 14.4 Å². The molecule has 0 bridgehead atoms. The summed E-state index contributed by atoms with van der Waals surface area (Å²) >= 11 is 0. The van der Waals surface area contributed by atoms with E-state index in [0.717, 1.165) is 16.9 Å². The number of H-pyrrole nitrogens is 1. The highest BCUT2D eigenvalue weighted by Crippen LogP contribution is 2.18. The standard InChI is InChI=1S/C21H21N5O3/c27-19(22-11-5-10-18-23-15-8-3-4-9-16(15)24-18)12-17-21(29)25-14-7-2-1-6-13(14)20(28)26-17/h1-4,6-9,17H,5,10-12H2,(H,22,27)(H,23,24)(H,25,29)(H,26,28). The third kappa shape index (κ3) is 4.26. The van der Waals surface area contributed by atoms with E-state index in [0.29, 0.717) is 30.6 Å². The third-order valence-corrected chi connectivity index (χ3v) is 4.79. The number of imidazole rings is 1. The average Bonchev–Trinajstić information content (AvgIpc) is 3.09. The zero-order valence-electron chi connectivity index (χ0n) is 15.7. The van der Waals surface area contributed by atoms with Crippen molar-refractivity contribution in [3.05, 3.63) is 59.9 Å². The lowest BCUT2D eigenvalue weighted by molar-refractivity contribution is -0.125. The molecular formula is C21H21N5O3. The highest BCUT2D eigenvalue weighted by molar-refractivity contribution is 6.10. The Labute approximate surface area is 167 Å². The molecule has 0 fully saturated rings. The number of anilines is 1. The number of hydrogen-bond acceptors (Lipinski definition) is 4. The SMILES string of the molecule is O=C(CC1NC(=O)c2ccccc2NC1=O)NCCCc1nc2ccccc2[nH]1. The van der Waals surface area contributed by atoms with Crippen molar-refractivity contribution in [2.24, 2.45) is 0 Å². The summed E-state index contributed by atoms with van der Waals surface area (Å²) in [5.41, 5.74) is 2.74. The second-order valence-electron chi connectivity index (χ2n) is 6.92. The van der Waals surface area contributed by atoms with Gasteiger partial charge in [0.1, 0.15) is 11.9 Å². The van der Waals surface area contributed by atoms with E-state index in [1.54, 1.807) is 24.3 Å². The molecule has 0 spiro atoms. The molecule has 4 rings (SSSR count). The Morgan fingerprint density at radius 3 is 2.72 bits per heavy atom. The summed E-state index contributed by atoms with van der Waals surface area (Å²) < 4.78 is 0. The van der Waals surface area contributed by atoms with Crippen molar-refractivity contribution < 1.29 is 14.4 Å². The maximum Gasteiger partial charge on any atom is 0.254 e. The minimum atomic E-state index is -0.912. The van der Waals surface area contributed by atoms with Gasteiger partial charge in [0.15, 0.2) is 0 Å². The lowest BCUT2D eigenvalue weighted by Gasteiger charge is -2.14. The number of fused-ring (bicyclic) bond motifs is 2. The Hall–Kier alpha value is -3.68. The molecule has 1 atom stereocenters. The van der Waals surface area contributed by atoms with E-state index >= 15 is 0 Å². The van der Waals surface area contributed by atoms with Gasteiger partial charge in [-0.05, 0) is 30.7 Å². The molecule has 1 aliphatic rings. The van der Waals surface area contributed by atoms with Gasteiger partial charge >= 0.3 is 0 Å². The molecule has 8 nitrogen and oxygen atoms in total. The zero-order chi connectivity index (χ0) is 20.2. The van der Waals surface area contributed by atoms with E-state index in [2.05, 4.69) is 25.9 Å². The molecule has 0 radical (unpaired) electrons. The van der Waals surface area contributed by atoms with Gasteiger partial charge in [0.05, 0.1) is 28.7 Å². The molecule has 2 heterocycles. The van der Waals surface area contributed by atoms with E-state index in [-0.39, 0.29) is 18.2 Å². The lowest BCUT2D eigenvalue weighted by Crippen LogP contribution is -2.44. The molecular weight excluding hydrogens is 370 g/mol. The second-order valence-corrected chi connectivity index (χ2v) is 6.92. The van der Waals surface area contributed by atoms with Gasteiger partial charge in [-0.15, -0.1) is 0 Å². The minimum absolute atomic E-state index is 0.115. The van der Waals surface area contributed by atoms with Gasteiger partial charge in [-0.25, -0.2) is 4.98 Å². The molecule has 2 aromatic carbocycles. The molecule has 0 saturated heterocycles. The Bertz CT molecular complexity index is 1040. The van der Waals surface area contributed by atoms with Crippen LogP contribution in [-0.4, -0.2) is 40.3 Å². The highest BCUT2D eigenvalue weighted by atomic mass is 16.2. The number of carbonyl (C=O) groups excluding carboxylic acids is 3. The van der Waals surface area contributed by atoms with E-state index in [1.807, 2.05) is 24.3 Å². The van der Waals surface area contributed by atoms with E-state index in [1.165, 1.54) is 0 Å². The molecule has 8 heteroatoms. The van der Waals surface area contributed by atoms with Gasteiger partial charge < -0.3 is 20.9 Å². The van der Waals surface area contributed by atoms with E-state index < -0.39 is 11.9 Å². The number of amides is 3. The number of aromatic nitrogens is 2. The van der Waals surface area contributed by atoms with Crippen LogP contribution in [0.3, 0.4) is 0 Å². The van der Waals surface area contributed by atoms with Gasteiger partial charge in [0.2, 0.25) is 11.8 Å². The largest absolute Gasteiger partial charge is 0.356 e. The summed E-state index contributed by atoms with van der Waals surface area (Å²) in [6.07, 6.45) is 1.29. The maximum atomic E-state index is 12.3. The Balaban J connectivity index is 1.26. The number of para-hydroxylation sites is 3. The van der Waals surface area contributed by atoms with E-state index in [4.69, 9.17) is 0 Å². The average molecular weight is 391 g/mol. The highest BCUT2D eigenvalue weighted by Gasteiger charge is 2.29. The van der Waals surface area contributed by atoms with Gasteiger partial charge in [-0.2, -0.15) is 0 Å². The zero-order valence-corrected chi connectivity index (χ0v) is 15.7. The summed E-state index contributed by atoms with van der Waals surface area (Å²) in [7, 11) is 0. The molecule has 0 saturated carbocycles. The van der Waals surface area contributed by atoms with Gasteiger partial charge in [-0.1, -0.05) is 24.3 Å². The number of nitrogens with zero attached hydrogens (tertiary/aromatic N) is 1. The number of aryl methyl sites for hydroxylation is 1. The Kier molecular flexibility index (Phi) is 5.24. The number of carbonyl (C=O) groups is 3. The van der Waals surface area contributed by atoms with Crippen LogP contribution in [0.4, 0.5) is 5.69 Å². The van der Waals surface area contributed by atoms with Crippen LogP contribution in [0, 0.1) is 0 Å². The van der Waals surface area contributed by atoms with Gasteiger partial charge in [0, 0.05) is 13.0 Å². The smallest absolute Gasteiger partial charge is 0.254 e. The lowest BCUT2D eigenvalue weighted by atomic mass is 10.1. The van der Waals surface area contributed by atoms with Crippen LogP contribution in [0.1, 0.15) is 29.0 Å². The quantitative estimate of drug-likeness (QED) is 0.479. The predicted molar refractivity (Wildman–Crippen MR) is 108 cm³/mol. The van der Waals surface area contributed by atoms with Crippen molar-refractivity contribution >= 4 is 34.4 Å². The maximum absolute atomic E-state index is 12.3. The molecule has 0 aliphatic carbocycles. The molecule has 1 unspecified atom stereocenters. The van der Waals surface area contributed by atoms with Crippen molar-refractivity contribution in [2.45, 2.75) is 25.3 Å². The van der Waals surface area contributed by atoms with Crippen LogP contribution in [0.5, 0.6) is 0 Å². The molecule has 4 N–H and O–H groups in total. The second kappa shape index (κ2) is 8.14. The van der Waals surface area contributed by atoms with Crippen LogP contribution in [0.25, 0.3) is 11.0 Å². The third-order valence-electron chi connectivity index (χ3n) is 4.79. The van der Waals surface area contributed by atoms with Crippen molar-refractivity contribution in [1.29, 1.82) is 0 Å². The number of benzene rings is 2. The van der Waals surface area contributed by atoms with Crippen molar-refractivity contribution in [2.75, 3.05) is 11.9 Å². The van der Waals surface area contributed by atoms with Crippen LogP contribution >= 0.6 is 0 Å². The first-order valence-electron chi connectivity index (χ1n) is 9.51. The van der Waals surface area contributed by atoms with Crippen molar-refractivity contribution in [3.8, 4) is 0 Å². The first kappa shape index (κ1) is 18.7. The molecule has 3 amide bonds. The molecule has 3 aromatic rings. The number of aromatic amines is 1. The molecule has 148 valence electrons. The van der Waals surface area contributed by atoms with E-state index in [9.17, 15) is 14.4 Å². The molecule has 1 aliphatic heterocycles. The fourth-order valence-corrected chi connectivity index (χ4v) is 3.32. The number of nitrogens with one attached hydrogen (secondary N) is 4. The molecule has 29 heavy (non-hydrogen) atoms. The summed E-state index contributed by atoms with van der Waals surface area (Å²) in [4.78, 5) is 44.6. The first-order valence-corrected chi connectivity index (χ1v) is 9.51. The summed E-state index contributed by atoms with van der Waals surface area (Å²) in [5.74, 6) is -0.197. The summed E-state index contributed by atoms with van der Waals surface area (Å²) in [5, 5.41) is 8.11. The topological polar surface area (TPSA) is 116 Å².